The first kappa shape index (κ1) is 11.7. The van der Waals surface area contributed by atoms with E-state index in [1.165, 1.54) is 5.56 Å². The van der Waals surface area contributed by atoms with Crippen LogP contribution < -0.4 is 4.74 Å². The Morgan fingerprint density at radius 3 is 2.89 bits per heavy atom. The molecule has 0 bridgehead atoms. The maximum atomic E-state index is 5.86. The van der Waals surface area contributed by atoms with Crippen molar-refractivity contribution in [3.63, 3.8) is 0 Å². The number of aromatic nitrogens is 3. The Balaban J connectivity index is 1.91. The third kappa shape index (κ3) is 2.17. The Hall–Kier alpha value is -2.36. The summed E-state index contributed by atoms with van der Waals surface area (Å²) in [5.41, 5.74) is 5.27. The molecule has 3 heterocycles. The van der Waals surface area contributed by atoms with Crippen LogP contribution in [0.2, 0.25) is 0 Å². The van der Waals surface area contributed by atoms with E-state index in [0.29, 0.717) is 6.61 Å². The molecule has 0 unspecified atom stereocenters. The second-order valence-electron chi connectivity index (χ2n) is 4.56. The summed E-state index contributed by atoms with van der Waals surface area (Å²) in [4.78, 5) is 11.8. The lowest BCUT2D eigenvalue weighted by molar-refractivity contribution is 0.309. The summed E-state index contributed by atoms with van der Waals surface area (Å²) in [6.07, 6.45) is 5.34. The molecule has 0 aliphatic carbocycles. The van der Waals surface area contributed by atoms with Crippen LogP contribution in [0, 0.1) is 13.8 Å². The average Bonchev–Trinajstić information content (AvgIpc) is 2.74. The van der Waals surface area contributed by atoms with Crippen LogP contribution in [0.5, 0.6) is 5.75 Å². The number of fused-ring (bicyclic) bond motifs is 1. The normalized spacial score (nSPS) is 10.8. The van der Waals surface area contributed by atoms with Crippen LogP contribution >= 0.6 is 0 Å². The second kappa shape index (κ2) is 4.72. The molecule has 0 saturated heterocycles. The Morgan fingerprint density at radius 1 is 1.21 bits per heavy atom. The zero-order valence-corrected chi connectivity index (χ0v) is 11.0. The highest BCUT2D eigenvalue weighted by Gasteiger charge is 2.10. The van der Waals surface area contributed by atoms with E-state index < -0.39 is 0 Å². The molecule has 4 nitrogen and oxygen atoms in total. The number of pyridine rings is 2. The zero-order valence-electron chi connectivity index (χ0n) is 11.0. The predicted octanol–water partition coefficient (Wildman–Crippen LogP) is 3.15. The van der Waals surface area contributed by atoms with Gasteiger partial charge in [0.15, 0.2) is 0 Å². The SMILES string of the molecule is Cc1[nH]c2c(OCc3cccnc3)ccnc2c1C. The molecule has 0 amide bonds. The van der Waals surface area contributed by atoms with Crippen LogP contribution in [-0.2, 0) is 6.61 Å². The molecule has 1 N–H and O–H groups in total. The molecule has 3 rings (SSSR count). The number of nitrogens with one attached hydrogen (secondary N) is 1. The highest BCUT2D eigenvalue weighted by molar-refractivity contribution is 5.85. The molecule has 0 spiro atoms. The molecule has 4 heteroatoms. The predicted molar refractivity (Wildman–Crippen MR) is 74.1 cm³/mol. The fraction of sp³-hybridized carbons (Fsp3) is 0.200. The minimum Gasteiger partial charge on any atom is -0.487 e. The summed E-state index contributed by atoms with van der Waals surface area (Å²) < 4.78 is 5.86. The van der Waals surface area contributed by atoms with Gasteiger partial charge in [-0.3, -0.25) is 9.97 Å². The van der Waals surface area contributed by atoms with Gasteiger partial charge in [-0.1, -0.05) is 6.07 Å². The Morgan fingerprint density at radius 2 is 2.11 bits per heavy atom. The second-order valence-corrected chi connectivity index (χ2v) is 4.56. The molecule has 96 valence electrons. The van der Waals surface area contributed by atoms with Gasteiger partial charge >= 0.3 is 0 Å². The van der Waals surface area contributed by atoms with E-state index in [4.69, 9.17) is 4.74 Å². The minimum atomic E-state index is 0.504. The first-order valence-corrected chi connectivity index (χ1v) is 6.21. The molecule has 0 aliphatic rings. The summed E-state index contributed by atoms with van der Waals surface area (Å²) in [6, 6.07) is 5.79. The first-order chi connectivity index (χ1) is 9.25. The van der Waals surface area contributed by atoms with Crippen molar-refractivity contribution >= 4 is 11.0 Å². The van der Waals surface area contributed by atoms with E-state index in [1.807, 2.05) is 31.3 Å². The summed E-state index contributed by atoms with van der Waals surface area (Å²) >= 11 is 0. The van der Waals surface area contributed by atoms with Crippen LogP contribution in [0.25, 0.3) is 11.0 Å². The van der Waals surface area contributed by atoms with Crippen LogP contribution in [0.3, 0.4) is 0 Å². The zero-order chi connectivity index (χ0) is 13.2. The molecule has 3 aromatic rings. The van der Waals surface area contributed by atoms with Crippen molar-refractivity contribution in [3.8, 4) is 5.75 Å². The van der Waals surface area contributed by atoms with Gasteiger partial charge in [0.25, 0.3) is 0 Å². The molecule has 0 aliphatic heterocycles. The molecule has 3 aromatic heterocycles. The lowest BCUT2D eigenvalue weighted by Crippen LogP contribution is -1.96. The monoisotopic (exact) mass is 253 g/mol. The summed E-state index contributed by atoms with van der Waals surface area (Å²) in [6.45, 7) is 4.61. The molecular weight excluding hydrogens is 238 g/mol. The maximum Gasteiger partial charge on any atom is 0.147 e. The van der Waals surface area contributed by atoms with Crippen LogP contribution in [0.1, 0.15) is 16.8 Å². The number of ether oxygens (including phenoxy) is 1. The van der Waals surface area contributed by atoms with Gasteiger partial charge in [-0.2, -0.15) is 0 Å². The summed E-state index contributed by atoms with van der Waals surface area (Å²) in [5, 5.41) is 0. The van der Waals surface area contributed by atoms with E-state index in [1.54, 1.807) is 12.4 Å². The van der Waals surface area contributed by atoms with Gasteiger partial charge in [-0.05, 0) is 25.5 Å². The third-order valence-corrected chi connectivity index (χ3v) is 3.26. The van der Waals surface area contributed by atoms with E-state index in [0.717, 1.165) is 28.0 Å². The molecule has 19 heavy (non-hydrogen) atoms. The van der Waals surface area contributed by atoms with Crippen molar-refractivity contribution in [2.45, 2.75) is 20.5 Å². The quantitative estimate of drug-likeness (QED) is 0.780. The van der Waals surface area contributed by atoms with Crippen molar-refractivity contribution in [3.05, 3.63) is 53.6 Å². The van der Waals surface area contributed by atoms with Crippen molar-refractivity contribution in [1.82, 2.24) is 15.0 Å². The van der Waals surface area contributed by atoms with Crippen molar-refractivity contribution < 1.29 is 4.74 Å². The van der Waals surface area contributed by atoms with E-state index in [9.17, 15) is 0 Å². The Labute approximate surface area is 111 Å². The smallest absolute Gasteiger partial charge is 0.147 e. The minimum absolute atomic E-state index is 0.504. The highest BCUT2D eigenvalue weighted by Crippen LogP contribution is 2.27. The molecule has 0 radical (unpaired) electrons. The fourth-order valence-corrected chi connectivity index (χ4v) is 2.07. The number of hydrogen-bond acceptors (Lipinski definition) is 3. The van der Waals surface area contributed by atoms with Gasteiger partial charge in [0.2, 0.25) is 0 Å². The van der Waals surface area contributed by atoms with Gasteiger partial charge in [-0.25, -0.2) is 0 Å². The van der Waals surface area contributed by atoms with Crippen LogP contribution in [0.15, 0.2) is 36.8 Å². The number of nitrogens with zero attached hydrogens (tertiary/aromatic N) is 2. The molecule has 0 fully saturated rings. The van der Waals surface area contributed by atoms with Crippen molar-refractivity contribution in [2.75, 3.05) is 0 Å². The molecule has 0 atom stereocenters. The molecule has 0 aromatic carbocycles. The van der Waals surface area contributed by atoms with Crippen LogP contribution in [-0.4, -0.2) is 15.0 Å². The molecular formula is C15H15N3O. The fourth-order valence-electron chi connectivity index (χ4n) is 2.07. The van der Waals surface area contributed by atoms with Crippen molar-refractivity contribution in [2.24, 2.45) is 0 Å². The number of hydrogen-bond donors (Lipinski definition) is 1. The third-order valence-electron chi connectivity index (χ3n) is 3.26. The summed E-state index contributed by atoms with van der Waals surface area (Å²) in [7, 11) is 0. The summed E-state index contributed by atoms with van der Waals surface area (Å²) in [5.74, 6) is 0.824. The van der Waals surface area contributed by atoms with E-state index in [-0.39, 0.29) is 0 Å². The largest absolute Gasteiger partial charge is 0.487 e. The van der Waals surface area contributed by atoms with Gasteiger partial charge in [0, 0.05) is 35.9 Å². The van der Waals surface area contributed by atoms with E-state index in [2.05, 4.69) is 21.9 Å². The lowest BCUT2D eigenvalue weighted by Gasteiger charge is -2.06. The first-order valence-electron chi connectivity index (χ1n) is 6.21. The lowest BCUT2D eigenvalue weighted by atomic mass is 10.2. The van der Waals surface area contributed by atoms with Gasteiger partial charge in [-0.15, -0.1) is 0 Å². The average molecular weight is 253 g/mol. The Bertz CT molecular complexity index is 704. The van der Waals surface area contributed by atoms with Gasteiger partial charge in [0.05, 0.1) is 5.52 Å². The van der Waals surface area contributed by atoms with Crippen molar-refractivity contribution in [1.29, 1.82) is 0 Å². The topological polar surface area (TPSA) is 50.8 Å². The number of rotatable bonds is 3. The maximum absolute atomic E-state index is 5.86. The molecule has 0 saturated carbocycles. The number of aryl methyl sites for hydroxylation is 2. The van der Waals surface area contributed by atoms with Gasteiger partial charge in [0.1, 0.15) is 17.9 Å². The standard InChI is InChI=1S/C15H15N3O/c1-10-11(2)18-15-13(5-7-17-14(10)15)19-9-12-4-3-6-16-8-12/h3-8,18H,9H2,1-2H3. The number of H-pyrrole nitrogens is 1. The van der Waals surface area contributed by atoms with Crippen LogP contribution in [0.4, 0.5) is 0 Å². The highest BCUT2D eigenvalue weighted by atomic mass is 16.5. The van der Waals surface area contributed by atoms with Gasteiger partial charge < -0.3 is 9.72 Å². The number of aromatic amines is 1. The Kier molecular flexibility index (Phi) is 2.91. The van der Waals surface area contributed by atoms with E-state index >= 15 is 0 Å².